The molecule has 98 valence electrons. The third-order valence-electron chi connectivity index (χ3n) is 3.03. The summed E-state index contributed by atoms with van der Waals surface area (Å²) in [5.41, 5.74) is 0.837. The molecule has 0 unspecified atom stereocenters. The molecule has 1 aliphatic rings. The molecule has 1 aromatic heterocycles. The highest BCUT2D eigenvalue weighted by Crippen LogP contribution is 2.21. The lowest BCUT2D eigenvalue weighted by molar-refractivity contribution is 0.128. The van der Waals surface area contributed by atoms with Crippen LogP contribution in [0.15, 0.2) is 30.3 Å². The Kier molecular flexibility index (Phi) is 2.86. The van der Waals surface area contributed by atoms with Crippen LogP contribution in [0.2, 0.25) is 0 Å². The summed E-state index contributed by atoms with van der Waals surface area (Å²) >= 11 is 0. The summed E-state index contributed by atoms with van der Waals surface area (Å²) in [5, 5.41) is 11.2. The maximum atomic E-state index is 11.8. The first-order valence-corrected chi connectivity index (χ1v) is 6.00. The van der Waals surface area contributed by atoms with E-state index in [1.165, 1.54) is 0 Å². The highest BCUT2D eigenvalue weighted by atomic mass is 16.6. The lowest BCUT2D eigenvalue weighted by Gasteiger charge is -2.12. The van der Waals surface area contributed by atoms with Gasteiger partial charge in [0.1, 0.15) is 11.9 Å². The Morgan fingerprint density at radius 3 is 2.84 bits per heavy atom. The van der Waals surface area contributed by atoms with E-state index in [-0.39, 0.29) is 12.2 Å². The van der Waals surface area contributed by atoms with E-state index < -0.39 is 0 Å². The van der Waals surface area contributed by atoms with Crippen LogP contribution in [0.3, 0.4) is 0 Å². The molecule has 1 atom stereocenters. The van der Waals surface area contributed by atoms with Gasteiger partial charge in [-0.2, -0.15) is 0 Å². The number of amides is 1. The van der Waals surface area contributed by atoms with E-state index in [0.29, 0.717) is 18.9 Å². The fourth-order valence-corrected chi connectivity index (χ4v) is 2.05. The van der Waals surface area contributed by atoms with E-state index in [9.17, 15) is 4.79 Å². The number of carbonyl (C=O) groups excluding carboxylic acids is 1. The average Bonchev–Trinajstić information content (AvgIpc) is 2.98. The summed E-state index contributed by atoms with van der Waals surface area (Å²) in [6.45, 7) is 2.78. The number of cyclic esters (lactones) is 1. The van der Waals surface area contributed by atoms with Gasteiger partial charge in [0.05, 0.1) is 13.1 Å². The Hall–Kier alpha value is -2.44. The molecule has 3 rings (SSSR count). The minimum atomic E-state index is -0.332. The Morgan fingerprint density at radius 1 is 1.37 bits per heavy atom. The molecule has 19 heavy (non-hydrogen) atoms. The monoisotopic (exact) mass is 259 g/mol. The summed E-state index contributed by atoms with van der Waals surface area (Å²) in [7, 11) is 0. The number of hydrogen-bond acceptors (Lipinski definition) is 5. The van der Waals surface area contributed by atoms with E-state index in [1.54, 1.807) is 9.58 Å². The molecule has 2 aromatic rings. The smallest absolute Gasteiger partial charge is 0.414 e. The Labute approximate surface area is 109 Å². The molecule has 7 heteroatoms. The largest absolute Gasteiger partial charge is 0.442 e. The molecule has 0 radical (unpaired) electrons. The summed E-state index contributed by atoms with van der Waals surface area (Å²) in [5.74, 6) is 0.703. The van der Waals surface area contributed by atoms with Crippen molar-refractivity contribution in [3.8, 4) is 0 Å². The second-order valence-corrected chi connectivity index (χ2v) is 4.36. The second-order valence-electron chi connectivity index (χ2n) is 4.36. The first-order chi connectivity index (χ1) is 9.24. The van der Waals surface area contributed by atoms with Crippen LogP contribution >= 0.6 is 0 Å². The van der Waals surface area contributed by atoms with Crippen LogP contribution < -0.4 is 4.90 Å². The normalized spacial score (nSPS) is 18.7. The van der Waals surface area contributed by atoms with Crippen LogP contribution in [0, 0.1) is 6.92 Å². The lowest BCUT2D eigenvalue weighted by atomic mass is 10.3. The molecule has 1 saturated heterocycles. The highest BCUT2D eigenvalue weighted by Gasteiger charge is 2.32. The van der Waals surface area contributed by atoms with Gasteiger partial charge >= 0.3 is 6.09 Å². The molecule has 0 spiro atoms. The SMILES string of the molecule is Cc1nnnn1C[C@H]1CN(c2ccccc2)C(=O)O1. The third kappa shape index (κ3) is 2.26. The van der Waals surface area contributed by atoms with Crippen molar-refractivity contribution in [2.75, 3.05) is 11.4 Å². The standard InChI is InChI=1S/C12H13N5O2/c1-9-13-14-15-17(9)8-11-7-16(12(18)19-11)10-5-3-2-4-6-10/h2-6,11H,7-8H2,1H3/t11-/m1/s1. The Bertz CT molecular complexity index is 583. The molecule has 2 heterocycles. The van der Waals surface area contributed by atoms with Gasteiger partial charge < -0.3 is 4.74 Å². The Balaban J connectivity index is 1.72. The number of hydrogen-bond donors (Lipinski definition) is 0. The van der Waals surface area contributed by atoms with Gasteiger partial charge in [0.15, 0.2) is 0 Å². The fourth-order valence-electron chi connectivity index (χ4n) is 2.05. The van der Waals surface area contributed by atoms with E-state index >= 15 is 0 Å². The number of rotatable bonds is 3. The van der Waals surface area contributed by atoms with Crippen molar-refractivity contribution in [1.29, 1.82) is 0 Å². The van der Waals surface area contributed by atoms with E-state index in [0.717, 1.165) is 5.69 Å². The predicted molar refractivity (Wildman–Crippen MR) is 66.6 cm³/mol. The van der Waals surface area contributed by atoms with E-state index in [2.05, 4.69) is 15.5 Å². The zero-order valence-electron chi connectivity index (χ0n) is 10.4. The maximum absolute atomic E-state index is 11.8. The van der Waals surface area contributed by atoms with Crippen LogP contribution in [0.5, 0.6) is 0 Å². The predicted octanol–water partition coefficient (Wildman–Crippen LogP) is 1.01. The van der Waals surface area contributed by atoms with Gasteiger partial charge in [-0.3, -0.25) is 4.90 Å². The molecule has 0 aliphatic carbocycles. The van der Waals surface area contributed by atoms with E-state index in [1.807, 2.05) is 37.3 Å². The van der Waals surface area contributed by atoms with Crippen molar-refractivity contribution in [3.63, 3.8) is 0 Å². The van der Waals surface area contributed by atoms with E-state index in [4.69, 9.17) is 4.74 Å². The molecule has 1 fully saturated rings. The molecule has 0 N–H and O–H groups in total. The van der Waals surface area contributed by atoms with Gasteiger partial charge in [0.2, 0.25) is 0 Å². The molecule has 0 bridgehead atoms. The lowest BCUT2D eigenvalue weighted by Crippen LogP contribution is -2.26. The molecule has 1 amide bonds. The highest BCUT2D eigenvalue weighted by molar-refractivity contribution is 5.89. The number of ether oxygens (including phenoxy) is 1. The minimum absolute atomic E-state index is 0.241. The van der Waals surface area contributed by atoms with Crippen molar-refractivity contribution in [2.45, 2.75) is 19.6 Å². The zero-order chi connectivity index (χ0) is 13.2. The molecule has 1 aliphatic heterocycles. The van der Waals surface area contributed by atoms with Gasteiger partial charge in [0.25, 0.3) is 0 Å². The van der Waals surface area contributed by atoms with Crippen molar-refractivity contribution < 1.29 is 9.53 Å². The van der Waals surface area contributed by atoms with Crippen LogP contribution in [0.1, 0.15) is 5.82 Å². The van der Waals surface area contributed by atoms with Crippen molar-refractivity contribution in [1.82, 2.24) is 20.2 Å². The first kappa shape index (κ1) is 11.6. The van der Waals surface area contributed by atoms with Gasteiger partial charge in [-0.15, -0.1) is 5.10 Å². The number of benzene rings is 1. The Morgan fingerprint density at radius 2 is 2.16 bits per heavy atom. The number of anilines is 1. The average molecular weight is 259 g/mol. The number of aromatic nitrogens is 4. The topological polar surface area (TPSA) is 73.1 Å². The van der Waals surface area contributed by atoms with Crippen molar-refractivity contribution in [2.24, 2.45) is 0 Å². The van der Waals surface area contributed by atoms with Crippen LogP contribution in [-0.2, 0) is 11.3 Å². The summed E-state index contributed by atoms with van der Waals surface area (Å²) < 4.78 is 6.96. The molecule has 7 nitrogen and oxygen atoms in total. The fraction of sp³-hybridized carbons (Fsp3) is 0.333. The van der Waals surface area contributed by atoms with Crippen molar-refractivity contribution in [3.05, 3.63) is 36.2 Å². The van der Waals surface area contributed by atoms with Gasteiger partial charge in [-0.25, -0.2) is 9.48 Å². The number of carbonyl (C=O) groups is 1. The zero-order valence-corrected chi connectivity index (χ0v) is 10.4. The molecule has 0 saturated carbocycles. The molecular weight excluding hydrogens is 246 g/mol. The first-order valence-electron chi connectivity index (χ1n) is 6.00. The second kappa shape index (κ2) is 4.68. The maximum Gasteiger partial charge on any atom is 0.414 e. The number of aryl methyl sites for hydroxylation is 1. The van der Waals surface area contributed by atoms with Crippen LogP contribution in [0.25, 0.3) is 0 Å². The summed E-state index contributed by atoms with van der Waals surface area (Å²) in [6, 6.07) is 9.45. The number of para-hydroxylation sites is 1. The van der Waals surface area contributed by atoms with Crippen molar-refractivity contribution >= 4 is 11.8 Å². The van der Waals surface area contributed by atoms with Gasteiger partial charge in [0, 0.05) is 5.69 Å². The van der Waals surface area contributed by atoms with Crippen LogP contribution in [0.4, 0.5) is 10.5 Å². The third-order valence-corrected chi connectivity index (χ3v) is 3.03. The quantitative estimate of drug-likeness (QED) is 0.822. The minimum Gasteiger partial charge on any atom is -0.442 e. The molecular formula is C12H13N5O2. The summed E-state index contributed by atoms with van der Waals surface area (Å²) in [4.78, 5) is 13.5. The number of nitrogens with zero attached hydrogens (tertiary/aromatic N) is 5. The van der Waals surface area contributed by atoms with Crippen LogP contribution in [-0.4, -0.2) is 38.9 Å². The summed E-state index contributed by atoms with van der Waals surface area (Å²) in [6.07, 6.45) is -0.572. The van der Waals surface area contributed by atoms with Gasteiger partial charge in [-0.1, -0.05) is 18.2 Å². The number of tetrazole rings is 1. The molecule has 1 aromatic carbocycles. The van der Waals surface area contributed by atoms with Gasteiger partial charge in [-0.05, 0) is 29.5 Å².